The number of amides is 1. The molecule has 0 unspecified atom stereocenters. The fourth-order valence-corrected chi connectivity index (χ4v) is 1.40. The average molecular weight is 281 g/mol. The summed E-state index contributed by atoms with van der Waals surface area (Å²) < 4.78 is 18.2. The second-order valence-electron chi connectivity index (χ2n) is 5.14. The predicted octanol–water partition coefficient (Wildman–Crippen LogP) is 2.45. The molecule has 1 atom stereocenters. The minimum absolute atomic E-state index is 0.00183. The van der Waals surface area contributed by atoms with Crippen LogP contribution < -0.4 is 5.32 Å². The highest BCUT2D eigenvalue weighted by molar-refractivity contribution is 5.91. The number of benzene rings is 1. The quantitative estimate of drug-likeness (QED) is 0.843. The lowest BCUT2D eigenvalue weighted by molar-refractivity contribution is -0.125. The molecule has 1 aromatic carbocycles. The van der Waals surface area contributed by atoms with Crippen LogP contribution in [0.5, 0.6) is 0 Å². The van der Waals surface area contributed by atoms with Gasteiger partial charge in [0.2, 0.25) is 0 Å². The third kappa shape index (κ3) is 4.64. The van der Waals surface area contributed by atoms with Crippen molar-refractivity contribution in [2.24, 2.45) is 5.92 Å². The lowest BCUT2D eigenvalue weighted by Crippen LogP contribution is -2.38. The van der Waals surface area contributed by atoms with Gasteiger partial charge in [-0.2, -0.15) is 0 Å². The fraction of sp³-hybridized carbons (Fsp3) is 0.467. The van der Waals surface area contributed by atoms with Crippen molar-refractivity contribution in [3.63, 3.8) is 0 Å². The van der Waals surface area contributed by atoms with Gasteiger partial charge in [-0.25, -0.2) is 9.18 Å². The van der Waals surface area contributed by atoms with Gasteiger partial charge >= 0.3 is 5.97 Å². The van der Waals surface area contributed by atoms with Gasteiger partial charge in [0.05, 0.1) is 5.56 Å². The SMILES string of the molecule is Cc1ccc(C(=O)OCC(=O)N[C@H](C)C(C)C)cc1F. The van der Waals surface area contributed by atoms with Gasteiger partial charge in [-0.3, -0.25) is 4.79 Å². The lowest BCUT2D eigenvalue weighted by atomic mass is 10.1. The van der Waals surface area contributed by atoms with Crippen molar-refractivity contribution in [3.8, 4) is 0 Å². The van der Waals surface area contributed by atoms with Gasteiger partial charge in [0.1, 0.15) is 5.82 Å². The van der Waals surface area contributed by atoms with Crippen LogP contribution in [0.4, 0.5) is 4.39 Å². The third-order valence-corrected chi connectivity index (χ3v) is 3.13. The molecule has 0 fully saturated rings. The van der Waals surface area contributed by atoms with E-state index >= 15 is 0 Å². The molecule has 0 aromatic heterocycles. The Hall–Kier alpha value is -1.91. The summed E-state index contributed by atoms with van der Waals surface area (Å²) in [5.41, 5.74) is 0.544. The Kier molecular flexibility index (Phi) is 5.67. The average Bonchev–Trinajstić information content (AvgIpc) is 2.39. The molecule has 0 spiro atoms. The smallest absolute Gasteiger partial charge is 0.338 e. The lowest BCUT2D eigenvalue weighted by Gasteiger charge is -2.17. The van der Waals surface area contributed by atoms with E-state index in [2.05, 4.69) is 5.32 Å². The van der Waals surface area contributed by atoms with E-state index < -0.39 is 11.8 Å². The molecule has 0 aliphatic heterocycles. The summed E-state index contributed by atoms with van der Waals surface area (Å²) in [6.45, 7) is 7.06. The van der Waals surface area contributed by atoms with Gasteiger partial charge in [-0.15, -0.1) is 0 Å². The molecule has 0 saturated heterocycles. The Morgan fingerprint density at radius 3 is 2.50 bits per heavy atom. The molecule has 4 nitrogen and oxygen atoms in total. The highest BCUT2D eigenvalue weighted by atomic mass is 19.1. The molecule has 20 heavy (non-hydrogen) atoms. The number of rotatable bonds is 5. The van der Waals surface area contributed by atoms with E-state index in [4.69, 9.17) is 4.74 Å². The summed E-state index contributed by atoms with van der Waals surface area (Å²) in [6.07, 6.45) is 0. The molecular weight excluding hydrogens is 261 g/mol. The molecule has 0 aliphatic rings. The molecule has 5 heteroatoms. The van der Waals surface area contributed by atoms with E-state index in [1.165, 1.54) is 12.1 Å². The Bertz CT molecular complexity index is 500. The van der Waals surface area contributed by atoms with Crippen molar-refractivity contribution in [1.29, 1.82) is 0 Å². The molecule has 1 aromatic rings. The molecule has 0 bridgehead atoms. The second kappa shape index (κ2) is 7.03. The Morgan fingerprint density at radius 2 is 1.95 bits per heavy atom. The summed E-state index contributed by atoms with van der Waals surface area (Å²) in [6, 6.07) is 4.06. The highest BCUT2D eigenvalue weighted by Gasteiger charge is 2.14. The normalized spacial score (nSPS) is 12.1. The topological polar surface area (TPSA) is 55.4 Å². The Morgan fingerprint density at radius 1 is 1.30 bits per heavy atom. The van der Waals surface area contributed by atoms with Crippen LogP contribution in [0.1, 0.15) is 36.7 Å². The first kappa shape index (κ1) is 16.1. The third-order valence-electron chi connectivity index (χ3n) is 3.13. The summed E-state index contributed by atoms with van der Waals surface area (Å²) in [7, 11) is 0. The molecule has 0 radical (unpaired) electrons. The fourth-order valence-electron chi connectivity index (χ4n) is 1.40. The van der Waals surface area contributed by atoms with Gasteiger partial charge < -0.3 is 10.1 Å². The van der Waals surface area contributed by atoms with E-state index in [-0.39, 0.29) is 24.1 Å². The highest BCUT2D eigenvalue weighted by Crippen LogP contribution is 2.10. The van der Waals surface area contributed by atoms with Crippen LogP contribution >= 0.6 is 0 Å². The van der Waals surface area contributed by atoms with Gasteiger partial charge in [-0.1, -0.05) is 19.9 Å². The number of esters is 1. The largest absolute Gasteiger partial charge is 0.452 e. The number of ether oxygens (including phenoxy) is 1. The summed E-state index contributed by atoms with van der Waals surface area (Å²) in [5.74, 6) is -1.26. The zero-order valence-electron chi connectivity index (χ0n) is 12.2. The molecule has 1 rings (SSSR count). The zero-order chi connectivity index (χ0) is 15.3. The van der Waals surface area contributed by atoms with E-state index in [0.29, 0.717) is 11.5 Å². The molecule has 1 N–H and O–H groups in total. The standard InChI is InChI=1S/C15H20FNO3/c1-9(2)11(4)17-14(18)8-20-15(19)12-6-5-10(3)13(16)7-12/h5-7,9,11H,8H2,1-4H3,(H,17,18)/t11-/m1/s1. The van der Waals surface area contributed by atoms with Gasteiger partial charge in [-0.05, 0) is 37.5 Å². The number of carbonyl (C=O) groups excluding carboxylic acids is 2. The maximum Gasteiger partial charge on any atom is 0.338 e. The van der Waals surface area contributed by atoms with Crippen molar-refractivity contribution in [1.82, 2.24) is 5.32 Å². The van der Waals surface area contributed by atoms with Gasteiger partial charge in [0, 0.05) is 6.04 Å². The Balaban J connectivity index is 2.51. The number of nitrogens with one attached hydrogen (secondary N) is 1. The van der Waals surface area contributed by atoms with Crippen LogP contribution in [0.2, 0.25) is 0 Å². The molecule has 0 aliphatic carbocycles. The van der Waals surface area contributed by atoms with Crippen LogP contribution in [0.25, 0.3) is 0 Å². The van der Waals surface area contributed by atoms with E-state index in [0.717, 1.165) is 6.07 Å². The van der Waals surface area contributed by atoms with Crippen molar-refractivity contribution in [3.05, 3.63) is 35.1 Å². The van der Waals surface area contributed by atoms with E-state index in [1.807, 2.05) is 20.8 Å². The van der Waals surface area contributed by atoms with E-state index in [1.54, 1.807) is 6.92 Å². The summed E-state index contributed by atoms with van der Waals surface area (Å²) >= 11 is 0. The van der Waals surface area contributed by atoms with Crippen LogP contribution in [0.3, 0.4) is 0 Å². The first-order chi connectivity index (χ1) is 9.31. The number of hydrogen-bond acceptors (Lipinski definition) is 3. The predicted molar refractivity (Wildman–Crippen MR) is 73.9 cm³/mol. The number of halogens is 1. The first-order valence-electron chi connectivity index (χ1n) is 6.54. The molecular formula is C15H20FNO3. The minimum atomic E-state index is -0.712. The molecule has 0 saturated carbocycles. The molecule has 0 heterocycles. The Labute approximate surface area is 118 Å². The first-order valence-corrected chi connectivity index (χ1v) is 6.54. The zero-order valence-corrected chi connectivity index (χ0v) is 12.2. The molecule has 1 amide bonds. The van der Waals surface area contributed by atoms with Gasteiger partial charge in [0.25, 0.3) is 5.91 Å². The van der Waals surface area contributed by atoms with Gasteiger partial charge in [0.15, 0.2) is 6.61 Å². The second-order valence-corrected chi connectivity index (χ2v) is 5.14. The van der Waals surface area contributed by atoms with Crippen molar-refractivity contribution < 1.29 is 18.7 Å². The number of aryl methyl sites for hydroxylation is 1. The van der Waals surface area contributed by atoms with Crippen LogP contribution in [-0.4, -0.2) is 24.5 Å². The summed E-state index contributed by atoms with van der Waals surface area (Å²) in [4.78, 5) is 23.2. The van der Waals surface area contributed by atoms with Crippen molar-refractivity contribution in [2.45, 2.75) is 33.7 Å². The number of hydrogen-bond donors (Lipinski definition) is 1. The maximum absolute atomic E-state index is 13.3. The van der Waals surface area contributed by atoms with Crippen molar-refractivity contribution >= 4 is 11.9 Å². The van der Waals surface area contributed by atoms with Crippen LogP contribution in [0.15, 0.2) is 18.2 Å². The molecule has 110 valence electrons. The monoisotopic (exact) mass is 281 g/mol. The maximum atomic E-state index is 13.3. The summed E-state index contributed by atoms with van der Waals surface area (Å²) in [5, 5.41) is 2.72. The van der Waals surface area contributed by atoms with Crippen molar-refractivity contribution in [2.75, 3.05) is 6.61 Å². The number of carbonyl (C=O) groups is 2. The minimum Gasteiger partial charge on any atom is -0.452 e. The van der Waals surface area contributed by atoms with Crippen LogP contribution in [-0.2, 0) is 9.53 Å². The van der Waals surface area contributed by atoms with Crippen LogP contribution in [0, 0.1) is 18.7 Å². The van der Waals surface area contributed by atoms with E-state index in [9.17, 15) is 14.0 Å².